The van der Waals surface area contributed by atoms with Crippen molar-refractivity contribution < 1.29 is 13.3 Å². The normalized spacial score (nSPS) is 12.4. The Labute approximate surface area is 110 Å². The molecule has 0 amide bonds. The third-order valence-electron chi connectivity index (χ3n) is 2.46. The van der Waals surface area contributed by atoms with Crippen LogP contribution in [0.25, 0.3) is 11.0 Å². The number of hydrogen-bond donors (Lipinski definition) is 2. The van der Waals surface area contributed by atoms with E-state index in [1.165, 1.54) is 4.90 Å². The molecule has 0 bridgehead atoms. The Morgan fingerprint density at radius 2 is 2.11 bits per heavy atom. The van der Waals surface area contributed by atoms with E-state index in [1.807, 2.05) is 14.1 Å². The molecule has 1 aromatic heterocycles. The Kier molecular flexibility index (Phi) is 3.91. The van der Waals surface area contributed by atoms with Crippen molar-refractivity contribution in [2.75, 3.05) is 27.2 Å². The van der Waals surface area contributed by atoms with Crippen molar-refractivity contribution >= 4 is 32.8 Å². The largest absolute Gasteiger partial charge is 0.339 e. The van der Waals surface area contributed by atoms with Gasteiger partial charge in [0.25, 0.3) is 0 Å². The molecule has 2 rings (SSSR count). The lowest BCUT2D eigenvalue weighted by atomic mass is 10.3. The van der Waals surface area contributed by atoms with Crippen molar-refractivity contribution in [3.63, 3.8) is 0 Å². The summed E-state index contributed by atoms with van der Waals surface area (Å²) in [6.45, 7) is 1.13. The van der Waals surface area contributed by atoms with E-state index in [0.717, 1.165) is 18.3 Å². The van der Waals surface area contributed by atoms with E-state index in [9.17, 15) is 8.42 Å². The fourth-order valence-electron chi connectivity index (χ4n) is 1.51. The molecule has 18 heavy (non-hydrogen) atoms. The molecule has 0 saturated carbocycles. The summed E-state index contributed by atoms with van der Waals surface area (Å²) in [5.41, 5.74) is 1.05. The molecular formula is C10H15N4O2S2+. The van der Waals surface area contributed by atoms with Crippen LogP contribution in [0, 0.1) is 0 Å². The van der Waals surface area contributed by atoms with Crippen molar-refractivity contribution in [1.82, 2.24) is 13.5 Å². The van der Waals surface area contributed by atoms with Gasteiger partial charge in [-0.05, 0) is 12.1 Å². The van der Waals surface area contributed by atoms with Crippen LogP contribution in [0.2, 0.25) is 0 Å². The number of benzene rings is 1. The zero-order chi connectivity index (χ0) is 13.2. The van der Waals surface area contributed by atoms with Crippen molar-refractivity contribution in [3.05, 3.63) is 18.2 Å². The maximum Gasteiger partial charge on any atom is 0.243 e. The average Bonchev–Trinajstić information content (AvgIpc) is 2.75. The molecular weight excluding hydrogens is 272 g/mol. The molecule has 0 aliphatic heterocycles. The maximum atomic E-state index is 12.1. The van der Waals surface area contributed by atoms with Gasteiger partial charge in [0.05, 0.1) is 38.9 Å². The average molecular weight is 287 g/mol. The van der Waals surface area contributed by atoms with E-state index in [2.05, 4.69) is 13.5 Å². The first kappa shape index (κ1) is 13.3. The smallest absolute Gasteiger partial charge is 0.243 e. The molecule has 0 spiro atoms. The minimum atomic E-state index is -3.51. The number of quaternary nitrogens is 1. The van der Waals surface area contributed by atoms with Gasteiger partial charge in [-0.1, -0.05) is 6.07 Å². The van der Waals surface area contributed by atoms with Crippen molar-refractivity contribution in [2.24, 2.45) is 0 Å². The Hall–Kier alpha value is -1.09. The zero-order valence-corrected chi connectivity index (χ0v) is 11.8. The predicted molar refractivity (Wildman–Crippen MR) is 70.3 cm³/mol. The lowest BCUT2D eigenvalue weighted by molar-refractivity contribution is -0.856. The lowest BCUT2D eigenvalue weighted by Crippen LogP contribution is -3.06. The minimum Gasteiger partial charge on any atom is -0.339 e. The Morgan fingerprint density at radius 1 is 1.33 bits per heavy atom. The van der Waals surface area contributed by atoms with Crippen LogP contribution in [0.1, 0.15) is 0 Å². The molecule has 0 aliphatic rings. The summed E-state index contributed by atoms with van der Waals surface area (Å²) in [5.74, 6) is 0. The number of rotatable bonds is 5. The maximum absolute atomic E-state index is 12.1. The summed E-state index contributed by atoms with van der Waals surface area (Å²) in [6.07, 6.45) is 0. The van der Waals surface area contributed by atoms with Gasteiger partial charge in [-0.2, -0.15) is 8.75 Å². The molecule has 0 atom stereocenters. The van der Waals surface area contributed by atoms with Gasteiger partial charge in [0.2, 0.25) is 10.0 Å². The van der Waals surface area contributed by atoms with Crippen molar-refractivity contribution in [3.8, 4) is 0 Å². The first-order chi connectivity index (χ1) is 8.50. The van der Waals surface area contributed by atoms with Crippen LogP contribution in [0.15, 0.2) is 23.1 Å². The Bertz CT molecular complexity index is 636. The van der Waals surface area contributed by atoms with Crippen LogP contribution in [-0.2, 0) is 10.0 Å². The van der Waals surface area contributed by atoms with Crippen LogP contribution in [-0.4, -0.2) is 44.3 Å². The van der Waals surface area contributed by atoms with Gasteiger partial charge in [-0.3, -0.25) is 0 Å². The van der Waals surface area contributed by atoms with Gasteiger partial charge < -0.3 is 4.90 Å². The topological polar surface area (TPSA) is 76.4 Å². The second-order valence-corrected chi connectivity index (χ2v) is 6.51. The molecule has 0 aliphatic carbocycles. The molecule has 6 nitrogen and oxygen atoms in total. The SMILES string of the molecule is C[NH+](C)CCNS(=O)(=O)c1cccc2nsnc12. The number of hydrogen-bond acceptors (Lipinski definition) is 5. The lowest BCUT2D eigenvalue weighted by Gasteiger charge is -2.09. The predicted octanol–water partition coefficient (Wildman–Crippen LogP) is -0.886. The third kappa shape index (κ3) is 2.83. The van der Waals surface area contributed by atoms with E-state index < -0.39 is 10.0 Å². The summed E-state index contributed by atoms with van der Waals surface area (Å²) in [5, 5.41) is 0. The number of aromatic nitrogens is 2. The summed E-state index contributed by atoms with van der Waals surface area (Å²) < 4.78 is 34.9. The van der Waals surface area contributed by atoms with E-state index in [4.69, 9.17) is 0 Å². The number of nitrogens with one attached hydrogen (secondary N) is 2. The fraction of sp³-hybridized carbons (Fsp3) is 0.400. The molecule has 98 valence electrons. The molecule has 2 N–H and O–H groups in total. The highest BCUT2D eigenvalue weighted by atomic mass is 32.2. The molecule has 8 heteroatoms. The third-order valence-corrected chi connectivity index (χ3v) is 4.49. The number of nitrogens with zero attached hydrogens (tertiary/aromatic N) is 2. The molecule has 0 saturated heterocycles. The minimum absolute atomic E-state index is 0.197. The molecule has 0 radical (unpaired) electrons. The van der Waals surface area contributed by atoms with E-state index in [-0.39, 0.29) is 4.90 Å². The standard InChI is InChI=1S/C10H14N4O2S2/c1-14(2)7-6-11-18(15,16)9-5-3-4-8-10(9)13-17-12-8/h3-5,11H,6-7H2,1-2H3/p+1. The highest BCUT2D eigenvalue weighted by molar-refractivity contribution is 7.89. The van der Waals surface area contributed by atoms with Crippen LogP contribution in [0.4, 0.5) is 0 Å². The molecule has 1 aromatic carbocycles. The van der Waals surface area contributed by atoms with Crippen molar-refractivity contribution in [2.45, 2.75) is 4.90 Å². The molecule has 1 heterocycles. The highest BCUT2D eigenvalue weighted by Crippen LogP contribution is 2.20. The van der Waals surface area contributed by atoms with E-state index >= 15 is 0 Å². The Morgan fingerprint density at radius 3 is 2.83 bits per heavy atom. The number of fused-ring (bicyclic) bond motifs is 1. The molecule has 2 aromatic rings. The summed E-state index contributed by atoms with van der Waals surface area (Å²) >= 11 is 1.02. The van der Waals surface area contributed by atoms with Gasteiger partial charge in [-0.25, -0.2) is 13.1 Å². The van der Waals surface area contributed by atoms with Crippen molar-refractivity contribution in [1.29, 1.82) is 0 Å². The Balaban J connectivity index is 2.27. The number of likely N-dealkylation sites (N-methyl/N-ethyl adjacent to an activating group) is 1. The van der Waals surface area contributed by atoms with Gasteiger partial charge in [0.15, 0.2) is 0 Å². The second-order valence-electron chi connectivity index (χ2n) is 4.24. The summed E-state index contributed by atoms with van der Waals surface area (Å²) in [6, 6.07) is 4.98. The quantitative estimate of drug-likeness (QED) is 0.748. The second kappa shape index (κ2) is 5.27. The van der Waals surface area contributed by atoms with Crippen LogP contribution in [0.5, 0.6) is 0 Å². The van der Waals surface area contributed by atoms with E-state index in [0.29, 0.717) is 17.6 Å². The zero-order valence-electron chi connectivity index (χ0n) is 10.2. The summed E-state index contributed by atoms with van der Waals surface area (Å²) in [7, 11) is 0.432. The first-order valence-electron chi connectivity index (χ1n) is 5.51. The van der Waals surface area contributed by atoms with Gasteiger partial charge >= 0.3 is 0 Å². The fourth-order valence-corrected chi connectivity index (χ4v) is 3.31. The molecule has 0 unspecified atom stereocenters. The van der Waals surface area contributed by atoms with Crippen LogP contribution < -0.4 is 9.62 Å². The van der Waals surface area contributed by atoms with E-state index in [1.54, 1.807) is 18.2 Å². The number of sulfonamides is 1. The highest BCUT2D eigenvalue weighted by Gasteiger charge is 2.19. The first-order valence-corrected chi connectivity index (χ1v) is 7.72. The summed E-state index contributed by atoms with van der Waals surface area (Å²) in [4.78, 5) is 1.38. The monoisotopic (exact) mass is 287 g/mol. The molecule has 0 fully saturated rings. The van der Waals surface area contributed by atoms with Crippen LogP contribution >= 0.6 is 11.7 Å². The van der Waals surface area contributed by atoms with Gasteiger partial charge in [0.1, 0.15) is 15.9 Å². The van der Waals surface area contributed by atoms with Crippen LogP contribution in [0.3, 0.4) is 0 Å². The van der Waals surface area contributed by atoms with Gasteiger partial charge in [0, 0.05) is 0 Å². The van der Waals surface area contributed by atoms with Gasteiger partial charge in [-0.15, -0.1) is 0 Å².